The van der Waals surface area contributed by atoms with Crippen LogP contribution in [-0.4, -0.2) is 72.9 Å². The summed E-state index contributed by atoms with van der Waals surface area (Å²) in [5.41, 5.74) is 0.605. The number of amides is 1. The average molecular weight is 489 g/mol. The highest BCUT2D eigenvalue weighted by Crippen LogP contribution is 2.39. The molecule has 1 heterocycles. The predicted molar refractivity (Wildman–Crippen MR) is 126 cm³/mol. The molecule has 0 spiro atoms. The fraction of sp³-hybridized carbons (Fsp3) is 0.333. The second-order valence-corrected chi connectivity index (χ2v) is 9.63. The second-order valence-electron chi connectivity index (χ2n) is 7.69. The van der Waals surface area contributed by atoms with Crippen LogP contribution in [0.1, 0.15) is 31.0 Å². The number of ketones is 1. The molecule has 1 saturated heterocycles. The Hall–Kier alpha value is -3.21. The van der Waals surface area contributed by atoms with Crippen molar-refractivity contribution >= 4 is 27.5 Å². The first-order valence-electron chi connectivity index (χ1n) is 10.8. The van der Waals surface area contributed by atoms with E-state index >= 15 is 0 Å². The first-order chi connectivity index (χ1) is 16.2. The first-order valence-corrected chi connectivity index (χ1v) is 12.3. The number of sulfonamides is 1. The summed E-state index contributed by atoms with van der Waals surface area (Å²) >= 11 is 0. The summed E-state index contributed by atoms with van der Waals surface area (Å²) in [6.45, 7) is 4.42. The molecule has 0 bridgehead atoms. The van der Waals surface area contributed by atoms with Gasteiger partial charge in [-0.2, -0.15) is 4.31 Å². The largest absolute Gasteiger partial charge is 0.508 e. The van der Waals surface area contributed by atoms with Crippen molar-refractivity contribution < 1.29 is 33.0 Å². The molecule has 34 heavy (non-hydrogen) atoms. The van der Waals surface area contributed by atoms with Crippen LogP contribution in [0.3, 0.4) is 0 Å². The summed E-state index contributed by atoms with van der Waals surface area (Å²) in [5, 5.41) is 20.7. The van der Waals surface area contributed by atoms with Gasteiger partial charge in [-0.15, -0.1) is 0 Å². The number of aliphatic hydroxyl groups is 1. The molecule has 0 saturated carbocycles. The number of carbonyl (C=O) groups is 2. The van der Waals surface area contributed by atoms with Crippen LogP contribution in [0.15, 0.2) is 59.0 Å². The molecule has 3 rings (SSSR count). The van der Waals surface area contributed by atoms with Crippen molar-refractivity contribution in [3.63, 3.8) is 0 Å². The summed E-state index contributed by atoms with van der Waals surface area (Å²) < 4.78 is 31.9. The number of ether oxygens (including phenoxy) is 1. The number of rotatable bonds is 9. The zero-order valence-electron chi connectivity index (χ0n) is 19.3. The highest BCUT2D eigenvalue weighted by molar-refractivity contribution is 7.89. The Labute approximate surface area is 198 Å². The van der Waals surface area contributed by atoms with Gasteiger partial charge in [0.2, 0.25) is 10.0 Å². The fourth-order valence-corrected chi connectivity index (χ4v) is 5.41. The minimum absolute atomic E-state index is 0.0163. The van der Waals surface area contributed by atoms with Crippen LogP contribution in [0.25, 0.3) is 5.76 Å². The van der Waals surface area contributed by atoms with Gasteiger partial charge in [-0.3, -0.25) is 9.59 Å². The third kappa shape index (κ3) is 4.70. The Balaban J connectivity index is 2.09. The Morgan fingerprint density at radius 2 is 1.62 bits per heavy atom. The zero-order valence-corrected chi connectivity index (χ0v) is 20.1. The Bertz CT molecular complexity index is 1180. The van der Waals surface area contributed by atoms with E-state index in [0.29, 0.717) is 18.7 Å². The molecule has 1 amide bonds. The van der Waals surface area contributed by atoms with Crippen molar-refractivity contribution in [2.24, 2.45) is 0 Å². The lowest BCUT2D eigenvalue weighted by atomic mass is 9.95. The fourth-order valence-electron chi connectivity index (χ4n) is 3.96. The molecular formula is C24H28N2O7S. The number of aliphatic hydroxyl groups excluding tert-OH is 1. The molecule has 1 aliphatic heterocycles. The van der Waals surface area contributed by atoms with Crippen molar-refractivity contribution in [2.75, 3.05) is 33.4 Å². The number of Topliss-reactive ketones (excluding diaryl/α,β-unsaturated/α-hetero) is 1. The number of nitrogens with zero attached hydrogens (tertiary/aromatic N) is 2. The molecular weight excluding hydrogens is 460 g/mol. The standard InChI is InChI=1S/C24H28N2O7S/c1-4-25(5-2)34(31,32)19-12-8-17(9-13-19)22(28)20-21(16-6-10-18(27)11-7-16)26(14-15-33-3)24(30)23(20)29/h6-13,21,27-28H,4-5,14-15H2,1-3H3/t21-/m1/s1. The number of benzene rings is 2. The van der Waals surface area contributed by atoms with E-state index in [-0.39, 0.29) is 34.9 Å². The third-order valence-corrected chi connectivity index (χ3v) is 7.82. The van der Waals surface area contributed by atoms with E-state index in [0.717, 1.165) is 0 Å². The Kier molecular flexibility index (Phi) is 7.75. The van der Waals surface area contributed by atoms with Crippen molar-refractivity contribution in [1.29, 1.82) is 0 Å². The number of methoxy groups -OCH3 is 1. The van der Waals surface area contributed by atoms with Gasteiger partial charge in [-0.05, 0) is 42.0 Å². The van der Waals surface area contributed by atoms with E-state index in [2.05, 4.69) is 0 Å². The SMILES string of the molecule is CCN(CC)S(=O)(=O)c1ccc(C(O)=C2C(=O)C(=O)N(CCOC)[C@@H]2c2ccc(O)cc2)cc1. The number of likely N-dealkylation sites (tertiary alicyclic amines) is 1. The Morgan fingerprint density at radius 3 is 2.15 bits per heavy atom. The van der Waals surface area contributed by atoms with Gasteiger partial charge in [-0.1, -0.05) is 26.0 Å². The number of hydrogen-bond donors (Lipinski definition) is 2. The lowest BCUT2D eigenvalue weighted by Crippen LogP contribution is -2.32. The number of hydrogen-bond acceptors (Lipinski definition) is 7. The number of carbonyl (C=O) groups excluding carboxylic acids is 2. The second kappa shape index (κ2) is 10.4. The minimum atomic E-state index is -3.69. The maximum Gasteiger partial charge on any atom is 0.295 e. The van der Waals surface area contributed by atoms with Gasteiger partial charge < -0.3 is 19.8 Å². The highest BCUT2D eigenvalue weighted by atomic mass is 32.2. The molecule has 9 nitrogen and oxygen atoms in total. The van der Waals surface area contributed by atoms with Crippen LogP contribution in [0.4, 0.5) is 0 Å². The lowest BCUT2D eigenvalue weighted by Gasteiger charge is -2.25. The predicted octanol–water partition coefficient (Wildman–Crippen LogP) is 2.49. The van der Waals surface area contributed by atoms with E-state index in [1.807, 2.05) is 0 Å². The van der Waals surface area contributed by atoms with E-state index in [1.165, 1.54) is 52.7 Å². The summed E-state index contributed by atoms with van der Waals surface area (Å²) in [6.07, 6.45) is 0. The maximum absolute atomic E-state index is 12.9. The van der Waals surface area contributed by atoms with Gasteiger partial charge in [0, 0.05) is 32.3 Å². The summed E-state index contributed by atoms with van der Waals surface area (Å²) in [5.74, 6) is -2.03. The lowest BCUT2D eigenvalue weighted by molar-refractivity contribution is -0.140. The van der Waals surface area contributed by atoms with Gasteiger partial charge in [0.15, 0.2) is 0 Å². The highest BCUT2D eigenvalue weighted by Gasteiger charge is 2.45. The van der Waals surface area contributed by atoms with E-state index in [1.54, 1.807) is 26.0 Å². The molecule has 2 aromatic carbocycles. The topological polar surface area (TPSA) is 124 Å². The van der Waals surface area contributed by atoms with Gasteiger partial charge in [0.05, 0.1) is 23.1 Å². The molecule has 182 valence electrons. The van der Waals surface area contributed by atoms with Crippen LogP contribution < -0.4 is 0 Å². The van der Waals surface area contributed by atoms with Crippen molar-refractivity contribution in [1.82, 2.24) is 9.21 Å². The monoisotopic (exact) mass is 488 g/mol. The number of phenols is 1. The minimum Gasteiger partial charge on any atom is -0.508 e. The number of phenolic OH excluding ortho intramolecular Hbond substituents is 1. The molecule has 0 radical (unpaired) electrons. The maximum atomic E-state index is 12.9. The van der Waals surface area contributed by atoms with Crippen LogP contribution in [-0.2, 0) is 24.3 Å². The molecule has 0 unspecified atom stereocenters. The van der Waals surface area contributed by atoms with E-state index in [9.17, 15) is 28.2 Å². The molecule has 0 aliphatic carbocycles. The molecule has 2 N–H and O–H groups in total. The van der Waals surface area contributed by atoms with Crippen LogP contribution in [0.5, 0.6) is 5.75 Å². The quantitative estimate of drug-likeness (QED) is 0.316. The summed E-state index contributed by atoms with van der Waals surface area (Å²) in [6, 6.07) is 10.6. The smallest absolute Gasteiger partial charge is 0.295 e. The number of aromatic hydroxyl groups is 1. The molecule has 2 aromatic rings. The molecule has 1 atom stereocenters. The van der Waals surface area contributed by atoms with Crippen LogP contribution in [0, 0.1) is 0 Å². The molecule has 10 heteroatoms. The van der Waals surface area contributed by atoms with Crippen molar-refractivity contribution in [3.05, 3.63) is 65.2 Å². The van der Waals surface area contributed by atoms with Gasteiger partial charge in [-0.25, -0.2) is 8.42 Å². The molecule has 1 aliphatic rings. The first kappa shape index (κ1) is 25.4. The third-order valence-electron chi connectivity index (χ3n) is 5.76. The molecule has 0 aromatic heterocycles. The summed E-state index contributed by atoms with van der Waals surface area (Å²) in [4.78, 5) is 27.1. The van der Waals surface area contributed by atoms with Crippen LogP contribution >= 0.6 is 0 Å². The van der Waals surface area contributed by atoms with Crippen LogP contribution in [0.2, 0.25) is 0 Å². The van der Waals surface area contributed by atoms with Crippen molar-refractivity contribution in [2.45, 2.75) is 24.8 Å². The van der Waals surface area contributed by atoms with Gasteiger partial charge in [0.1, 0.15) is 11.5 Å². The average Bonchev–Trinajstić information content (AvgIpc) is 3.08. The van der Waals surface area contributed by atoms with Gasteiger partial charge >= 0.3 is 0 Å². The molecule has 1 fully saturated rings. The van der Waals surface area contributed by atoms with Gasteiger partial charge in [0.25, 0.3) is 11.7 Å². The Morgan fingerprint density at radius 1 is 1.03 bits per heavy atom. The van der Waals surface area contributed by atoms with E-state index in [4.69, 9.17) is 4.74 Å². The van der Waals surface area contributed by atoms with Crippen molar-refractivity contribution in [3.8, 4) is 5.75 Å². The normalized spacial score (nSPS) is 18.1. The summed E-state index contributed by atoms with van der Waals surface area (Å²) in [7, 11) is -2.22. The van der Waals surface area contributed by atoms with E-state index < -0.39 is 33.5 Å². The zero-order chi connectivity index (χ0) is 25.0.